The van der Waals surface area contributed by atoms with Gasteiger partial charge in [0.2, 0.25) is 0 Å². The highest BCUT2D eigenvalue weighted by Crippen LogP contribution is 2.28. The Morgan fingerprint density at radius 3 is 2.82 bits per heavy atom. The van der Waals surface area contributed by atoms with E-state index >= 15 is 0 Å². The zero-order valence-corrected chi connectivity index (χ0v) is 10.4. The van der Waals surface area contributed by atoms with E-state index in [9.17, 15) is 0 Å². The van der Waals surface area contributed by atoms with Crippen molar-refractivity contribution in [2.24, 2.45) is 5.73 Å². The van der Waals surface area contributed by atoms with E-state index in [0.717, 1.165) is 16.4 Å². The number of H-pyrrole nitrogens is 1. The molecule has 0 unspecified atom stereocenters. The SMILES string of the molecule is Cc1cc(C)c(C(=N)N)c(Sc2ncc[nH]2)n1. The summed E-state index contributed by atoms with van der Waals surface area (Å²) in [4.78, 5) is 11.5. The minimum atomic E-state index is 0.0315. The maximum Gasteiger partial charge on any atom is 0.171 e. The van der Waals surface area contributed by atoms with Crippen molar-refractivity contribution in [2.45, 2.75) is 24.0 Å². The third kappa shape index (κ3) is 2.47. The van der Waals surface area contributed by atoms with Crippen LogP contribution in [-0.4, -0.2) is 20.8 Å². The number of aromatic nitrogens is 3. The van der Waals surface area contributed by atoms with Crippen molar-refractivity contribution < 1.29 is 0 Å². The number of hydrogen-bond donors (Lipinski definition) is 3. The Morgan fingerprint density at radius 1 is 1.47 bits per heavy atom. The van der Waals surface area contributed by atoms with Gasteiger partial charge >= 0.3 is 0 Å². The molecular weight excluding hydrogens is 234 g/mol. The number of hydrogen-bond acceptors (Lipinski definition) is 4. The highest BCUT2D eigenvalue weighted by atomic mass is 32.2. The first-order valence-corrected chi connectivity index (χ1v) is 5.89. The Kier molecular flexibility index (Phi) is 3.14. The molecule has 0 amide bonds. The lowest BCUT2D eigenvalue weighted by molar-refractivity contribution is 1.00. The third-order valence-electron chi connectivity index (χ3n) is 2.25. The van der Waals surface area contributed by atoms with Gasteiger partial charge in [0.05, 0.1) is 5.56 Å². The van der Waals surface area contributed by atoms with Crippen LogP contribution in [0.3, 0.4) is 0 Å². The second-order valence-electron chi connectivity index (χ2n) is 3.67. The molecule has 2 aromatic heterocycles. The van der Waals surface area contributed by atoms with Gasteiger partial charge in [0, 0.05) is 18.1 Å². The predicted octanol–water partition coefficient (Wildman–Crippen LogP) is 1.86. The summed E-state index contributed by atoms with van der Waals surface area (Å²) in [5.41, 5.74) is 8.13. The van der Waals surface area contributed by atoms with Gasteiger partial charge in [0.25, 0.3) is 0 Å². The molecule has 0 aliphatic heterocycles. The number of aromatic amines is 1. The van der Waals surface area contributed by atoms with E-state index in [1.54, 1.807) is 12.4 Å². The summed E-state index contributed by atoms with van der Waals surface area (Å²) in [5.74, 6) is 0.0315. The molecule has 0 saturated carbocycles. The van der Waals surface area contributed by atoms with Gasteiger partial charge in [-0.1, -0.05) is 0 Å². The van der Waals surface area contributed by atoms with Gasteiger partial charge < -0.3 is 10.7 Å². The molecule has 5 nitrogen and oxygen atoms in total. The van der Waals surface area contributed by atoms with Crippen molar-refractivity contribution in [3.05, 3.63) is 35.3 Å². The minimum absolute atomic E-state index is 0.0315. The summed E-state index contributed by atoms with van der Waals surface area (Å²) in [6, 6.07) is 1.92. The van der Waals surface area contributed by atoms with Crippen molar-refractivity contribution in [3.8, 4) is 0 Å². The van der Waals surface area contributed by atoms with E-state index in [4.69, 9.17) is 11.1 Å². The fourth-order valence-electron chi connectivity index (χ4n) is 1.60. The van der Waals surface area contributed by atoms with Gasteiger partial charge in [-0.15, -0.1) is 0 Å². The minimum Gasteiger partial charge on any atom is -0.384 e. The molecular formula is C11H13N5S. The summed E-state index contributed by atoms with van der Waals surface area (Å²) in [5, 5.41) is 9.06. The third-order valence-corrected chi connectivity index (χ3v) is 3.15. The lowest BCUT2D eigenvalue weighted by Gasteiger charge is -2.10. The van der Waals surface area contributed by atoms with Crippen LogP contribution in [0.15, 0.2) is 28.6 Å². The van der Waals surface area contributed by atoms with Crippen LogP contribution >= 0.6 is 11.8 Å². The largest absolute Gasteiger partial charge is 0.384 e. The van der Waals surface area contributed by atoms with Crippen molar-refractivity contribution in [1.82, 2.24) is 15.0 Å². The molecule has 0 radical (unpaired) electrons. The molecule has 6 heteroatoms. The van der Waals surface area contributed by atoms with Gasteiger partial charge in [-0.3, -0.25) is 5.41 Å². The standard InChI is InChI=1S/C11H13N5S/c1-6-5-7(2)16-10(8(6)9(12)13)17-11-14-3-4-15-11/h3-5H,1-2H3,(H3,12,13)(H,14,15). The monoisotopic (exact) mass is 247 g/mol. The number of nitrogens with zero attached hydrogens (tertiary/aromatic N) is 2. The molecule has 0 aliphatic carbocycles. The molecule has 0 saturated heterocycles. The molecule has 0 atom stereocenters. The number of aryl methyl sites for hydroxylation is 2. The molecule has 17 heavy (non-hydrogen) atoms. The molecule has 0 spiro atoms. The molecule has 0 bridgehead atoms. The maximum absolute atomic E-state index is 7.61. The summed E-state index contributed by atoms with van der Waals surface area (Å²) >= 11 is 1.38. The number of nitrogens with two attached hydrogens (primary N) is 1. The van der Waals surface area contributed by atoms with Gasteiger partial charge in [-0.2, -0.15) is 0 Å². The van der Waals surface area contributed by atoms with Crippen molar-refractivity contribution in [2.75, 3.05) is 0 Å². The number of amidine groups is 1. The maximum atomic E-state index is 7.61. The van der Waals surface area contributed by atoms with Crippen LogP contribution in [0.25, 0.3) is 0 Å². The lowest BCUT2D eigenvalue weighted by Crippen LogP contribution is -2.15. The smallest absolute Gasteiger partial charge is 0.171 e. The zero-order valence-electron chi connectivity index (χ0n) is 9.61. The highest BCUT2D eigenvalue weighted by molar-refractivity contribution is 7.99. The Bertz CT molecular complexity index is 547. The summed E-state index contributed by atoms with van der Waals surface area (Å²) in [6.45, 7) is 3.85. The molecule has 2 rings (SSSR count). The van der Waals surface area contributed by atoms with Crippen LogP contribution < -0.4 is 5.73 Å². The first kappa shape index (κ1) is 11.7. The van der Waals surface area contributed by atoms with Gasteiger partial charge in [0.1, 0.15) is 10.9 Å². The van der Waals surface area contributed by atoms with Crippen LogP contribution in [0.5, 0.6) is 0 Å². The molecule has 88 valence electrons. The van der Waals surface area contributed by atoms with Gasteiger partial charge in [-0.05, 0) is 37.2 Å². The van der Waals surface area contributed by atoms with E-state index in [0.29, 0.717) is 10.6 Å². The van der Waals surface area contributed by atoms with Crippen molar-refractivity contribution >= 4 is 17.6 Å². The van der Waals surface area contributed by atoms with Crippen molar-refractivity contribution in [1.29, 1.82) is 5.41 Å². The average Bonchev–Trinajstić information content (AvgIpc) is 2.68. The second kappa shape index (κ2) is 4.58. The molecule has 0 aromatic carbocycles. The molecule has 0 aliphatic rings. The fourth-order valence-corrected chi connectivity index (χ4v) is 2.59. The van der Waals surface area contributed by atoms with Gasteiger partial charge in [-0.25, -0.2) is 9.97 Å². The number of pyridine rings is 1. The number of rotatable bonds is 3. The Balaban J connectivity index is 2.47. The van der Waals surface area contributed by atoms with E-state index in [1.807, 2.05) is 19.9 Å². The molecule has 2 aromatic rings. The lowest BCUT2D eigenvalue weighted by atomic mass is 10.1. The van der Waals surface area contributed by atoms with Crippen molar-refractivity contribution in [3.63, 3.8) is 0 Å². The summed E-state index contributed by atoms with van der Waals surface area (Å²) in [7, 11) is 0. The van der Waals surface area contributed by atoms with E-state index in [-0.39, 0.29) is 5.84 Å². The average molecular weight is 247 g/mol. The van der Waals surface area contributed by atoms with E-state index in [2.05, 4.69) is 15.0 Å². The predicted molar refractivity (Wildman–Crippen MR) is 67.4 cm³/mol. The van der Waals surface area contributed by atoms with Crippen LogP contribution in [-0.2, 0) is 0 Å². The van der Waals surface area contributed by atoms with Crippen LogP contribution in [0.2, 0.25) is 0 Å². The molecule has 2 heterocycles. The Hall–Kier alpha value is -1.82. The van der Waals surface area contributed by atoms with Crippen LogP contribution in [0, 0.1) is 19.3 Å². The molecule has 0 fully saturated rings. The number of imidazole rings is 1. The number of nitrogens with one attached hydrogen (secondary N) is 2. The first-order valence-electron chi connectivity index (χ1n) is 5.08. The van der Waals surface area contributed by atoms with E-state index in [1.165, 1.54) is 11.8 Å². The fraction of sp³-hybridized carbons (Fsp3) is 0.182. The van der Waals surface area contributed by atoms with Crippen LogP contribution in [0.4, 0.5) is 0 Å². The molecule has 4 N–H and O–H groups in total. The normalized spacial score (nSPS) is 10.5. The second-order valence-corrected chi connectivity index (χ2v) is 4.65. The Morgan fingerprint density at radius 2 is 2.24 bits per heavy atom. The van der Waals surface area contributed by atoms with E-state index < -0.39 is 0 Å². The number of nitrogen functional groups attached to an aromatic ring is 1. The topological polar surface area (TPSA) is 91.4 Å². The van der Waals surface area contributed by atoms with Gasteiger partial charge in [0.15, 0.2) is 5.16 Å². The van der Waals surface area contributed by atoms with Crippen LogP contribution in [0.1, 0.15) is 16.8 Å². The zero-order chi connectivity index (χ0) is 12.4. The summed E-state index contributed by atoms with van der Waals surface area (Å²) in [6.07, 6.45) is 3.43. The summed E-state index contributed by atoms with van der Waals surface area (Å²) < 4.78 is 0. The quantitative estimate of drug-likeness (QED) is 0.570. The highest BCUT2D eigenvalue weighted by Gasteiger charge is 2.13. The first-order chi connectivity index (χ1) is 8.08. The Labute approximate surface area is 103 Å².